The molecule has 0 unspecified atom stereocenters. The maximum atomic E-state index is 11.8. The molecule has 0 aliphatic heterocycles. The molecule has 1 saturated carbocycles. The average molecular weight is 254 g/mol. The highest BCUT2D eigenvalue weighted by Gasteiger charge is 2.58. The van der Waals surface area contributed by atoms with Crippen LogP contribution in [0.25, 0.3) is 0 Å². The molecule has 0 spiro atoms. The van der Waals surface area contributed by atoms with Crippen LogP contribution in [0.15, 0.2) is 0 Å². The van der Waals surface area contributed by atoms with Crippen LogP contribution in [-0.2, 0) is 4.79 Å². The van der Waals surface area contributed by atoms with Crippen LogP contribution in [0, 0.1) is 22.2 Å². The van der Waals surface area contributed by atoms with Crippen molar-refractivity contribution in [3.8, 4) is 0 Å². The number of carboxylic acids is 1. The van der Waals surface area contributed by atoms with E-state index in [-0.39, 0.29) is 10.8 Å². The van der Waals surface area contributed by atoms with Crippen molar-refractivity contribution >= 4 is 5.97 Å². The predicted molar refractivity (Wildman–Crippen MR) is 75.6 cm³/mol. The standard InChI is InChI=1S/C16H30O2/c1-12(2)14(3,4)16(10-8-7-9-11-16)15(5,6)13(17)18/h12H,7-11H2,1-6H3,(H,17,18). The Morgan fingerprint density at radius 2 is 1.50 bits per heavy atom. The second-order valence-corrected chi connectivity index (χ2v) is 7.45. The van der Waals surface area contributed by atoms with Crippen LogP contribution in [0.4, 0.5) is 0 Å². The molecule has 0 radical (unpaired) electrons. The minimum absolute atomic E-state index is 0.0509. The predicted octanol–water partition coefficient (Wildman–Crippen LogP) is 4.73. The summed E-state index contributed by atoms with van der Waals surface area (Å²) in [6.07, 6.45) is 5.71. The second-order valence-electron chi connectivity index (χ2n) is 7.45. The molecule has 2 nitrogen and oxygen atoms in total. The van der Waals surface area contributed by atoms with Gasteiger partial charge in [-0.05, 0) is 43.4 Å². The van der Waals surface area contributed by atoms with E-state index in [9.17, 15) is 9.90 Å². The summed E-state index contributed by atoms with van der Waals surface area (Å²) >= 11 is 0. The van der Waals surface area contributed by atoms with Gasteiger partial charge in [-0.25, -0.2) is 0 Å². The Morgan fingerprint density at radius 1 is 1.06 bits per heavy atom. The van der Waals surface area contributed by atoms with Gasteiger partial charge in [0.05, 0.1) is 5.41 Å². The van der Waals surface area contributed by atoms with Gasteiger partial charge >= 0.3 is 5.97 Å². The van der Waals surface area contributed by atoms with Crippen LogP contribution in [-0.4, -0.2) is 11.1 Å². The Bertz CT molecular complexity index is 307. The zero-order valence-electron chi connectivity index (χ0n) is 13.0. The zero-order chi connectivity index (χ0) is 14.2. The summed E-state index contributed by atoms with van der Waals surface area (Å²) in [6.45, 7) is 12.9. The number of carboxylic acid groups (broad SMARTS) is 1. The number of hydrogen-bond acceptors (Lipinski definition) is 1. The lowest BCUT2D eigenvalue weighted by atomic mass is 9.45. The summed E-state index contributed by atoms with van der Waals surface area (Å²) < 4.78 is 0. The largest absolute Gasteiger partial charge is 0.481 e. The highest BCUT2D eigenvalue weighted by atomic mass is 16.4. The number of aliphatic carboxylic acids is 1. The molecular weight excluding hydrogens is 224 g/mol. The third-order valence-electron chi connectivity index (χ3n) is 6.11. The maximum absolute atomic E-state index is 11.8. The van der Waals surface area contributed by atoms with Gasteiger partial charge in [0.25, 0.3) is 0 Å². The van der Waals surface area contributed by atoms with Gasteiger partial charge in [0, 0.05) is 0 Å². The van der Waals surface area contributed by atoms with E-state index >= 15 is 0 Å². The molecule has 106 valence electrons. The molecule has 0 aromatic rings. The first-order chi connectivity index (χ1) is 8.09. The molecule has 1 aliphatic rings. The Hall–Kier alpha value is -0.530. The molecule has 0 aromatic carbocycles. The summed E-state index contributed by atoms with van der Waals surface area (Å²) in [5.74, 6) is -0.146. The van der Waals surface area contributed by atoms with Crippen LogP contribution < -0.4 is 0 Å². The summed E-state index contributed by atoms with van der Waals surface area (Å²) in [5.41, 5.74) is -0.686. The van der Waals surface area contributed by atoms with E-state index in [1.807, 2.05) is 13.8 Å². The van der Waals surface area contributed by atoms with E-state index in [1.165, 1.54) is 19.3 Å². The quantitative estimate of drug-likeness (QED) is 0.787. The zero-order valence-corrected chi connectivity index (χ0v) is 13.0. The highest BCUT2D eigenvalue weighted by molar-refractivity contribution is 5.75. The topological polar surface area (TPSA) is 37.3 Å². The Kier molecular flexibility index (Phi) is 4.19. The van der Waals surface area contributed by atoms with Gasteiger partial charge in [-0.1, -0.05) is 47.0 Å². The van der Waals surface area contributed by atoms with E-state index in [0.29, 0.717) is 5.92 Å². The van der Waals surface area contributed by atoms with Crippen LogP contribution in [0.1, 0.15) is 73.6 Å². The fourth-order valence-corrected chi connectivity index (χ4v) is 3.99. The van der Waals surface area contributed by atoms with Crippen molar-refractivity contribution in [1.82, 2.24) is 0 Å². The molecule has 1 rings (SSSR count). The van der Waals surface area contributed by atoms with E-state index in [2.05, 4.69) is 27.7 Å². The van der Waals surface area contributed by atoms with Crippen LogP contribution in [0.5, 0.6) is 0 Å². The molecule has 0 bridgehead atoms. The third-order valence-corrected chi connectivity index (χ3v) is 6.11. The van der Waals surface area contributed by atoms with Crippen molar-refractivity contribution < 1.29 is 9.90 Å². The van der Waals surface area contributed by atoms with Crippen molar-refractivity contribution in [2.45, 2.75) is 73.6 Å². The minimum Gasteiger partial charge on any atom is -0.481 e. The average Bonchev–Trinajstić information content (AvgIpc) is 2.29. The lowest BCUT2D eigenvalue weighted by Crippen LogP contribution is -2.55. The molecule has 0 amide bonds. The second kappa shape index (κ2) is 4.86. The molecule has 0 heterocycles. The first-order valence-corrected chi connectivity index (χ1v) is 7.33. The number of hydrogen-bond donors (Lipinski definition) is 1. The molecule has 1 fully saturated rings. The Morgan fingerprint density at radius 3 is 1.83 bits per heavy atom. The molecule has 2 heteroatoms. The van der Waals surface area contributed by atoms with Gasteiger partial charge in [0.15, 0.2) is 0 Å². The van der Waals surface area contributed by atoms with Gasteiger partial charge in [-0.2, -0.15) is 0 Å². The number of rotatable bonds is 4. The van der Waals surface area contributed by atoms with Gasteiger partial charge in [-0.3, -0.25) is 4.79 Å². The SMILES string of the molecule is CC(C)C(C)(C)C1(C(C)(C)C(=O)O)CCCCC1. The lowest BCUT2D eigenvalue weighted by Gasteiger charge is -2.58. The van der Waals surface area contributed by atoms with Crippen LogP contribution in [0.2, 0.25) is 0 Å². The summed E-state index contributed by atoms with van der Waals surface area (Å²) in [6, 6.07) is 0. The van der Waals surface area contributed by atoms with Gasteiger partial charge < -0.3 is 5.11 Å². The highest BCUT2D eigenvalue weighted by Crippen LogP contribution is 2.62. The molecule has 0 saturated heterocycles. The minimum atomic E-state index is -0.652. The smallest absolute Gasteiger partial charge is 0.309 e. The Balaban J connectivity index is 3.31. The van der Waals surface area contributed by atoms with Crippen molar-refractivity contribution in [2.24, 2.45) is 22.2 Å². The molecule has 0 aromatic heterocycles. The van der Waals surface area contributed by atoms with Gasteiger partial charge in [-0.15, -0.1) is 0 Å². The summed E-state index contributed by atoms with van der Waals surface area (Å²) in [7, 11) is 0. The van der Waals surface area contributed by atoms with Gasteiger partial charge in [0.2, 0.25) is 0 Å². The van der Waals surface area contributed by atoms with E-state index in [1.54, 1.807) is 0 Å². The van der Waals surface area contributed by atoms with E-state index in [0.717, 1.165) is 12.8 Å². The molecule has 1 N–H and O–H groups in total. The molecule has 1 aliphatic carbocycles. The van der Waals surface area contributed by atoms with Crippen molar-refractivity contribution in [3.63, 3.8) is 0 Å². The molecule has 0 atom stereocenters. The summed E-state index contributed by atoms with van der Waals surface area (Å²) in [4.78, 5) is 11.8. The number of carbonyl (C=O) groups is 1. The molecular formula is C16H30O2. The Labute approximate surface area is 112 Å². The normalized spacial score (nSPS) is 21.1. The van der Waals surface area contributed by atoms with Crippen LogP contribution >= 0.6 is 0 Å². The van der Waals surface area contributed by atoms with Crippen molar-refractivity contribution in [1.29, 1.82) is 0 Å². The van der Waals surface area contributed by atoms with E-state index < -0.39 is 11.4 Å². The third kappa shape index (κ3) is 2.08. The van der Waals surface area contributed by atoms with E-state index in [4.69, 9.17) is 0 Å². The lowest BCUT2D eigenvalue weighted by molar-refractivity contribution is -0.172. The van der Waals surface area contributed by atoms with Gasteiger partial charge in [0.1, 0.15) is 0 Å². The van der Waals surface area contributed by atoms with Crippen LogP contribution in [0.3, 0.4) is 0 Å². The fraction of sp³-hybridized carbons (Fsp3) is 0.938. The molecule has 18 heavy (non-hydrogen) atoms. The fourth-order valence-electron chi connectivity index (χ4n) is 3.99. The maximum Gasteiger partial charge on any atom is 0.309 e. The summed E-state index contributed by atoms with van der Waals surface area (Å²) in [5, 5.41) is 9.70. The van der Waals surface area contributed by atoms with Crippen molar-refractivity contribution in [2.75, 3.05) is 0 Å². The first-order valence-electron chi connectivity index (χ1n) is 7.33. The van der Waals surface area contributed by atoms with Crippen molar-refractivity contribution in [3.05, 3.63) is 0 Å². The monoisotopic (exact) mass is 254 g/mol. The first kappa shape index (κ1) is 15.5.